The minimum Gasteiger partial charge on any atom is -0.288 e. The molecule has 0 N–H and O–H groups in total. The zero-order valence-electron chi connectivity index (χ0n) is 8.31. The topological polar surface area (TPSA) is 43.6 Å². The van der Waals surface area contributed by atoms with Gasteiger partial charge in [-0.25, -0.2) is 15.0 Å². The Balaban J connectivity index is 2.53. The summed E-state index contributed by atoms with van der Waals surface area (Å²) in [4.78, 5) is 12.6. The molecule has 0 radical (unpaired) electrons. The molecular weight excluding hydrogens is 232 g/mol. The van der Waals surface area contributed by atoms with Gasteiger partial charge in [0.2, 0.25) is 0 Å². The summed E-state index contributed by atoms with van der Waals surface area (Å²) >= 11 is 7.36. The second kappa shape index (κ2) is 4.20. The number of hydrogen-bond acceptors (Lipinski definition) is 4. The van der Waals surface area contributed by atoms with Gasteiger partial charge >= 0.3 is 0 Å². The van der Waals surface area contributed by atoms with E-state index in [0.717, 1.165) is 11.6 Å². The molecular formula is C9H9ClN4S. The summed E-state index contributed by atoms with van der Waals surface area (Å²) in [5, 5.41) is 1.10. The molecule has 0 atom stereocenters. The van der Waals surface area contributed by atoms with Gasteiger partial charge in [-0.05, 0) is 13.2 Å². The molecule has 0 bridgehead atoms. The van der Waals surface area contributed by atoms with Crippen LogP contribution in [0.25, 0.3) is 5.82 Å². The van der Waals surface area contributed by atoms with Gasteiger partial charge < -0.3 is 0 Å². The van der Waals surface area contributed by atoms with Crippen molar-refractivity contribution in [3.05, 3.63) is 29.4 Å². The highest BCUT2D eigenvalue weighted by Crippen LogP contribution is 2.17. The van der Waals surface area contributed by atoms with Crippen molar-refractivity contribution in [3.63, 3.8) is 0 Å². The van der Waals surface area contributed by atoms with E-state index in [0.29, 0.717) is 10.3 Å². The number of thioether (sulfide) groups is 1. The average Bonchev–Trinajstić information content (AvgIpc) is 2.63. The number of rotatable bonds is 2. The highest BCUT2D eigenvalue weighted by molar-refractivity contribution is 7.98. The Bertz CT molecular complexity index is 483. The molecule has 78 valence electrons. The molecule has 0 saturated carbocycles. The lowest BCUT2D eigenvalue weighted by Gasteiger charge is -2.05. The van der Waals surface area contributed by atoms with Crippen LogP contribution in [0.4, 0.5) is 0 Å². The first-order valence-electron chi connectivity index (χ1n) is 4.29. The first kappa shape index (κ1) is 10.4. The van der Waals surface area contributed by atoms with Gasteiger partial charge in [0.1, 0.15) is 16.8 Å². The Kier molecular flexibility index (Phi) is 2.93. The summed E-state index contributed by atoms with van der Waals surface area (Å²) in [6.07, 6.45) is 5.48. The zero-order chi connectivity index (χ0) is 10.8. The Morgan fingerprint density at radius 2 is 2.20 bits per heavy atom. The van der Waals surface area contributed by atoms with Crippen molar-refractivity contribution in [3.8, 4) is 5.82 Å². The molecule has 2 aromatic rings. The molecule has 0 unspecified atom stereocenters. The molecule has 15 heavy (non-hydrogen) atoms. The van der Waals surface area contributed by atoms with Gasteiger partial charge in [-0.15, -0.1) is 0 Å². The van der Waals surface area contributed by atoms with Crippen LogP contribution in [0.2, 0.25) is 5.15 Å². The molecule has 0 aliphatic rings. The van der Waals surface area contributed by atoms with E-state index in [1.807, 2.05) is 23.9 Å². The first-order chi connectivity index (χ1) is 7.20. The van der Waals surface area contributed by atoms with Crippen LogP contribution in [-0.2, 0) is 0 Å². The lowest BCUT2D eigenvalue weighted by atomic mass is 10.5. The number of imidazole rings is 1. The fourth-order valence-corrected chi connectivity index (χ4v) is 1.82. The summed E-state index contributed by atoms with van der Waals surface area (Å²) < 4.78 is 1.87. The van der Waals surface area contributed by atoms with E-state index in [1.54, 1.807) is 12.3 Å². The Morgan fingerprint density at radius 1 is 1.40 bits per heavy atom. The van der Waals surface area contributed by atoms with Crippen LogP contribution >= 0.6 is 23.4 Å². The van der Waals surface area contributed by atoms with E-state index in [1.165, 1.54) is 11.8 Å². The summed E-state index contributed by atoms with van der Waals surface area (Å²) in [5.41, 5.74) is 0. The van der Waals surface area contributed by atoms with Gasteiger partial charge in [-0.1, -0.05) is 23.4 Å². The quantitative estimate of drug-likeness (QED) is 0.459. The number of aromatic nitrogens is 4. The van der Waals surface area contributed by atoms with Gasteiger partial charge in [-0.2, -0.15) is 0 Å². The minimum atomic E-state index is 0.442. The van der Waals surface area contributed by atoms with E-state index in [9.17, 15) is 0 Å². The van der Waals surface area contributed by atoms with Crippen molar-refractivity contribution in [1.82, 2.24) is 19.5 Å². The van der Waals surface area contributed by atoms with Crippen LogP contribution in [0.5, 0.6) is 0 Å². The zero-order valence-corrected chi connectivity index (χ0v) is 9.88. The molecule has 0 aliphatic heterocycles. The summed E-state index contributed by atoms with van der Waals surface area (Å²) in [6.45, 7) is 1.91. The molecule has 4 nitrogen and oxygen atoms in total. The van der Waals surface area contributed by atoms with Gasteiger partial charge in [0, 0.05) is 18.5 Å². The maximum absolute atomic E-state index is 5.90. The normalized spacial score (nSPS) is 10.6. The van der Waals surface area contributed by atoms with Crippen molar-refractivity contribution < 1.29 is 0 Å². The molecule has 0 spiro atoms. The third-order valence-electron chi connectivity index (χ3n) is 1.92. The highest BCUT2D eigenvalue weighted by Gasteiger charge is 2.06. The van der Waals surface area contributed by atoms with Crippen molar-refractivity contribution >= 4 is 23.4 Å². The van der Waals surface area contributed by atoms with Crippen LogP contribution in [0.3, 0.4) is 0 Å². The van der Waals surface area contributed by atoms with Crippen molar-refractivity contribution in [2.24, 2.45) is 0 Å². The maximum atomic E-state index is 5.90. The second-order valence-corrected chi connectivity index (χ2v) is 4.04. The summed E-state index contributed by atoms with van der Waals surface area (Å²) in [5.74, 6) is 1.62. The first-order valence-corrected chi connectivity index (χ1v) is 5.90. The SMILES string of the molecule is CSc1nc(Cl)cc(-n2ccnc2C)n1. The van der Waals surface area contributed by atoms with Crippen molar-refractivity contribution in [1.29, 1.82) is 0 Å². The molecule has 0 saturated heterocycles. The van der Waals surface area contributed by atoms with E-state index < -0.39 is 0 Å². The number of nitrogens with zero attached hydrogens (tertiary/aromatic N) is 4. The Morgan fingerprint density at radius 3 is 2.80 bits per heavy atom. The molecule has 0 aromatic carbocycles. The lowest BCUT2D eigenvalue weighted by molar-refractivity contribution is 0.865. The molecule has 0 fully saturated rings. The standard InChI is InChI=1S/C9H9ClN4S/c1-6-11-3-4-14(6)8-5-7(10)12-9(13-8)15-2/h3-5H,1-2H3. The fourth-order valence-electron chi connectivity index (χ4n) is 1.22. The smallest absolute Gasteiger partial charge is 0.190 e. The fraction of sp³-hybridized carbons (Fsp3) is 0.222. The molecule has 2 heterocycles. The molecule has 2 rings (SSSR count). The number of halogens is 1. The van der Waals surface area contributed by atoms with Crippen molar-refractivity contribution in [2.45, 2.75) is 12.1 Å². The predicted octanol–water partition coefficient (Wildman–Crippen LogP) is 2.35. The molecule has 0 amide bonds. The largest absolute Gasteiger partial charge is 0.288 e. The Labute approximate surface area is 96.7 Å². The van der Waals surface area contributed by atoms with E-state index in [4.69, 9.17) is 11.6 Å². The van der Waals surface area contributed by atoms with E-state index in [-0.39, 0.29) is 0 Å². The van der Waals surface area contributed by atoms with Crippen LogP contribution < -0.4 is 0 Å². The van der Waals surface area contributed by atoms with E-state index >= 15 is 0 Å². The molecule has 2 aromatic heterocycles. The summed E-state index contributed by atoms with van der Waals surface area (Å²) in [7, 11) is 0. The van der Waals surface area contributed by atoms with Gasteiger partial charge in [0.25, 0.3) is 0 Å². The molecule has 6 heteroatoms. The third-order valence-corrected chi connectivity index (χ3v) is 2.66. The van der Waals surface area contributed by atoms with Crippen LogP contribution in [0, 0.1) is 6.92 Å². The van der Waals surface area contributed by atoms with Gasteiger partial charge in [0.05, 0.1) is 0 Å². The van der Waals surface area contributed by atoms with Gasteiger partial charge in [-0.3, -0.25) is 4.57 Å². The van der Waals surface area contributed by atoms with Crippen LogP contribution in [0.1, 0.15) is 5.82 Å². The third kappa shape index (κ3) is 2.13. The number of hydrogen-bond donors (Lipinski definition) is 0. The predicted molar refractivity (Wildman–Crippen MR) is 60.7 cm³/mol. The molecule has 0 aliphatic carbocycles. The van der Waals surface area contributed by atoms with Crippen LogP contribution in [-0.4, -0.2) is 25.8 Å². The van der Waals surface area contributed by atoms with Gasteiger partial charge in [0.15, 0.2) is 5.16 Å². The highest BCUT2D eigenvalue weighted by atomic mass is 35.5. The second-order valence-electron chi connectivity index (χ2n) is 2.88. The minimum absolute atomic E-state index is 0.442. The Hall–Kier alpha value is -1.07. The van der Waals surface area contributed by atoms with Crippen LogP contribution in [0.15, 0.2) is 23.6 Å². The van der Waals surface area contributed by atoms with E-state index in [2.05, 4.69) is 15.0 Å². The number of aryl methyl sites for hydroxylation is 1. The maximum Gasteiger partial charge on any atom is 0.190 e. The monoisotopic (exact) mass is 240 g/mol. The van der Waals surface area contributed by atoms with Crippen molar-refractivity contribution in [2.75, 3.05) is 6.26 Å². The lowest BCUT2D eigenvalue weighted by Crippen LogP contribution is -2.01. The summed E-state index contributed by atoms with van der Waals surface area (Å²) in [6, 6.07) is 1.72. The average molecular weight is 241 g/mol.